The molecule has 1 aliphatic heterocycles. The zero-order valence-corrected chi connectivity index (χ0v) is 17.3. The van der Waals surface area contributed by atoms with Crippen molar-refractivity contribution in [1.82, 2.24) is 9.47 Å². The van der Waals surface area contributed by atoms with Gasteiger partial charge in [0.05, 0.1) is 4.91 Å². The third kappa shape index (κ3) is 4.02. The minimum atomic E-state index is -0.444. The lowest BCUT2D eigenvalue weighted by molar-refractivity contribution is -0.127. The second kappa shape index (κ2) is 8.59. The number of carbonyl (C=O) groups is 3. The normalized spacial score (nSPS) is 15.4. The number of aromatic nitrogens is 1. The van der Waals surface area contributed by atoms with E-state index in [9.17, 15) is 14.4 Å². The molecule has 0 unspecified atom stereocenters. The number of para-hydroxylation sites is 2. The van der Waals surface area contributed by atoms with Gasteiger partial charge in [0.2, 0.25) is 5.91 Å². The molecule has 4 rings (SSSR count). The number of rotatable bonds is 6. The van der Waals surface area contributed by atoms with Crippen molar-refractivity contribution >= 4 is 51.5 Å². The summed E-state index contributed by atoms with van der Waals surface area (Å²) in [5.74, 6) is -0.857. The van der Waals surface area contributed by atoms with E-state index in [1.807, 2.05) is 36.5 Å². The highest BCUT2D eigenvalue weighted by molar-refractivity contribution is 8.18. The number of nitrogens with zero attached hydrogens (tertiary/aromatic N) is 2. The van der Waals surface area contributed by atoms with E-state index in [1.165, 1.54) is 0 Å². The van der Waals surface area contributed by atoms with Gasteiger partial charge in [0.1, 0.15) is 6.54 Å². The maximum absolute atomic E-state index is 12.8. The third-order valence-corrected chi connectivity index (χ3v) is 5.71. The number of nitrogens with one attached hydrogen (secondary N) is 1. The summed E-state index contributed by atoms with van der Waals surface area (Å²) < 4.78 is 2.15. The van der Waals surface area contributed by atoms with E-state index in [1.54, 1.807) is 30.3 Å². The van der Waals surface area contributed by atoms with Crippen LogP contribution in [-0.4, -0.2) is 33.1 Å². The molecule has 30 heavy (non-hydrogen) atoms. The van der Waals surface area contributed by atoms with Crippen molar-refractivity contribution in [3.8, 4) is 0 Å². The van der Waals surface area contributed by atoms with Gasteiger partial charge in [-0.1, -0.05) is 43.3 Å². The minimum absolute atomic E-state index is 0.311. The predicted molar refractivity (Wildman–Crippen MR) is 120 cm³/mol. The van der Waals surface area contributed by atoms with Crippen LogP contribution < -0.4 is 5.32 Å². The first-order chi connectivity index (χ1) is 14.6. The van der Waals surface area contributed by atoms with Crippen LogP contribution in [0.4, 0.5) is 10.5 Å². The first-order valence-electron chi connectivity index (χ1n) is 9.75. The van der Waals surface area contributed by atoms with Crippen LogP contribution in [0.25, 0.3) is 17.0 Å². The Labute approximate surface area is 178 Å². The molecule has 0 saturated carbocycles. The Balaban J connectivity index is 1.55. The lowest BCUT2D eigenvalue weighted by atomic mass is 10.1. The fourth-order valence-electron chi connectivity index (χ4n) is 3.46. The molecule has 1 fully saturated rings. The van der Waals surface area contributed by atoms with E-state index < -0.39 is 17.1 Å². The largest absolute Gasteiger partial charge is 0.347 e. The van der Waals surface area contributed by atoms with Crippen LogP contribution in [0, 0.1) is 0 Å². The highest BCUT2D eigenvalue weighted by atomic mass is 32.2. The molecule has 0 radical (unpaired) electrons. The van der Waals surface area contributed by atoms with Gasteiger partial charge in [-0.05, 0) is 42.5 Å². The van der Waals surface area contributed by atoms with Crippen molar-refractivity contribution in [2.24, 2.45) is 0 Å². The molecule has 3 aromatic rings. The summed E-state index contributed by atoms with van der Waals surface area (Å²) in [6.45, 7) is 2.67. The monoisotopic (exact) mass is 419 g/mol. The molecule has 1 saturated heterocycles. The van der Waals surface area contributed by atoms with E-state index >= 15 is 0 Å². The van der Waals surface area contributed by atoms with Gasteiger partial charge in [0.15, 0.2) is 0 Å². The summed E-state index contributed by atoms with van der Waals surface area (Å²) in [5, 5.41) is 3.29. The summed E-state index contributed by atoms with van der Waals surface area (Å²) in [6.07, 6.45) is 4.74. The number of hydrogen-bond acceptors (Lipinski definition) is 4. The summed E-state index contributed by atoms with van der Waals surface area (Å²) >= 11 is 0.865. The average molecular weight is 420 g/mol. The Hall–Kier alpha value is -3.32. The molecule has 0 spiro atoms. The van der Waals surface area contributed by atoms with Crippen LogP contribution in [0.3, 0.4) is 0 Å². The topological polar surface area (TPSA) is 71.4 Å². The SMILES string of the molecule is CCCn1cc(/C=C2\SC(=O)N(CC(=O)Nc3ccccc3)C2=O)c2ccccc21. The highest BCUT2D eigenvalue weighted by Gasteiger charge is 2.36. The number of aryl methyl sites for hydroxylation is 1. The van der Waals surface area contributed by atoms with E-state index in [0.29, 0.717) is 10.6 Å². The Morgan fingerprint density at radius 3 is 2.57 bits per heavy atom. The van der Waals surface area contributed by atoms with Crippen LogP contribution in [0.1, 0.15) is 18.9 Å². The lowest BCUT2D eigenvalue weighted by Crippen LogP contribution is -2.36. The molecule has 6 nitrogen and oxygen atoms in total. The van der Waals surface area contributed by atoms with E-state index in [4.69, 9.17) is 0 Å². The quantitative estimate of drug-likeness (QED) is 0.587. The minimum Gasteiger partial charge on any atom is -0.347 e. The van der Waals surface area contributed by atoms with Crippen LogP contribution in [0.5, 0.6) is 0 Å². The van der Waals surface area contributed by atoms with Gasteiger partial charge in [0, 0.05) is 34.9 Å². The van der Waals surface area contributed by atoms with Crippen molar-refractivity contribution < 1.29 is 14.4 Å². The maximum Gasteiger partial charge on any atom is 0.294 e. The number of hydrogen-bond donors (Lipinski definition) is 1. The number of imide groups is 1. The molecule has 1 aliphatic rings. The van der Waals surface area contributed by atoms with Crippen LogP contribution in [0.2, 0.25) is 0 Å². The van der Waals surface area contributed by atoms with Crippen molar-refractivity contribution in [2.45, 2.75) is 19.9 Å². The summed E-state index contributed by atoms with van der Waals surface area (Å²) in [5.41, 5.74) is 2.60. The van der Waals surface area contributed by atoms with Crippen molar-refractivity contribution in [3.63, 3.8) is 0 Å². The van der Waals surface area contributed by atoms with Crippen molar-refractivity contribution in [2.75, 3.05) is 11.9 Å². The number of fused-ring (bicyclic) bond motifs is 1. The Morgan fingerprint density at radius 2 is 1.80 bits per heavy atom. The van der Waals surface area contributed by atoms with Gasteiger partial charge in [0.25, 0.3) is 11.1 Å². The fraction of sp³-hybridized carbons (Fsp3) is 0.174. The third-order valence-electron chi connectivity index (χ3n) is 4.80. The van der Waals surface area contributed by atoms with Crippen LogP contribution >= 0.6 is 11.8 Å². The molecule has 1 aromatic heterocycles. The number of amides is 3. The van der Waals surface area contributed by atoms with Crippen molar-refractivity contribution in [3.05, 3.63) is 71.3 Å². The summed E-state index contributed by atoms with van der Waals surface area (Å²) in [4.78, 5) is 38.8. The Morgan fingerprint density at radius 1 is 1.07 bits per heavy atom. The van der Waals surface area contributed by atoms with E-state index in [0.717, 1.165) is 46.1 Å². The second-order valence-corrected chi connectivity index (χ2v) is 7.97. The Bertz CT molecular complexity index is 1150. The summed E-state index contributed by atoms with van der Waals surface area (Å²) in [6, 6.07) is 16.9. The van der Waals surface area contributed by atoms with Gasteiger partial charge < -0.3 is 9.88 Å². The number of anilines is 1. The molecule has 1 N–H and O–H groups in total. The zero-order chi connectivity index (χ0) is 21.1. The standard InChI is InChI=1S/C23H21N3O3S/c1-2-12-25-14-16(18-10-6-7-11-19(18)25)13-20-22(28)26(23(29)30-20)15-21(27)24-17-8-4-3-5-9-17/h3-11,13-14H,2,12,15H2,1H3,(H,24,27)/b20-13-. The van der Waals surface area contributed by atoms with E-state index in [2.05, 4.69) is 16.8 Å². The first kappa shape index (κ1) is 20.0. The molecule has 0 bridgehead atoms. The average Bonchev–Trinajstić information content (AvgIpc) is 3.22. The van der Waals surface area contributed by atoms with Gasteiger partial charge in [-0.25, -0.2) is 0 Å². The van der Waals surface area contributed by atoms with Gasteiger partial charge in [-0.3, -0.25) is 19.3 Å². The maximum atomic E-state index is 12.8. The Kier molecular flexibility index (Phi) is 5.72. The van der Waals surface area contributed by atoms with Gasteiger partial charge in [-0.2, -0.15) is 0 Å². The molecule has 0 atom stereocenters. The first-order valence-corrected chi connectivity index (χ1v) is 10.6. The molecule has 2 heterocycles. The molecular formula is C23H21N3O3S. The molecule has 2 aromatic carbocycles. The zero-order valence-electron chi connectivity index (χ0n) is 16.5. The highest BCUT2D eigenvalue weighted by Crippen LogP contribution is 2.34. The van der Waals surface area contributed by atoms with Crippen LogP contribution in [0.15, 0.2) is 65.7 Å². The number of carbonyl (C=O) groups excluding carboxylic acids is 3. The molecule has 3 amide bonds. The smallest absolute Gasteiger partial charge is 0.294 e. The van der Waals surface area contributed by atoms with Crippen molar-refractivity contribution in [1.29, 1.82) is 0 Å². The fourth-order valence-corrected chi connectivity index (χ4v) is 4.29. The predicted octanol–water partition coefficient (Wildman–Crippen LogP) is 4.73. The van der Waals surface area contributed by atoms with Gasteiger partial charge >= 0.3 is 0 Å². The van der Waals surface area contributed by atoms with E-state index in [-0.39, 0.29) is 6.54 Å². The number of benzene rings is 2. The molecular weight excluding hydrogens is 398 g/mol. The molecule has 7 heteroatoms. The van der Waals surface area contributed by atoms with Gasteiger partial charge in [-0.15, -0.1) is 0 Å². The second-order valence-electron chi connectivity index (χ2n) is 6.98. The van der Waals surface area contributed by atoms with Crippen LogP contribution in [-0.2, 0) is 16.1 Å². The molecule has 0 aliphatic carbocycles. The lowest BCUT2D eigenvalue weighted by Gasteiger charge is -2.12. The molecule has 152 valence electrons. The number of thioether (sulfide) groups is 1. The summed E-state index contributed by atoms with van der Waals surface area (Å²) in [7, 11) is 0.